The topological polar surface area (TPSA) is 79.5 Å². The maximum atomic E-state index is 12.6. The number of piperazine rings is 1. The zero-order valence-corrected chi connectivity index (χ0v) is 15.4. The average Bonchev–Trinajstić information content (AvgIpc) is 3.13. The Labute approximate surface area is 156 Å². The Hall–Kier alpha value is -2.16. The second kappa shape index (κ2) is 6.86. The van der Waals surface area contributed by atoms with E-state index in [0.29, 0.717) is 36.9 Å². The summed E-state index contributed by atoms with van der Waals surface area (Å²) in [7, 11) is -3.41. The summed E-state index contributed by atoms with van der Waals surface area (Å²) in [6.45, 7) is 2.04. The van der Waals surface area contributed by atoms with Crippen molar-refractivity contribution in [3.63, 3.8) is 0 Å². The van der Waals surface area contributed by atoms with Crippen LogP contribution in [0.4, 0.5) is 5.69 Å². The van der Waals surface area contributed by atoms with Crippen LogP contribution in [0.15, 0.2) is 47.3 Å². The Morgan fingerprint density at radius 2 is 1.92 bits per heavy atom. The fourth-order valence-electron chi connectivity index (χ4n) is 3.18. The minimum Gasteiger partial charge on any atom is -0.368 e. The fraction of sp³-hybridized carbons (Fsp3) is 0.294. The first-order valence-electron chi connectivity index (χ1n) is 8.19. The van der Waals surface area contributed by atoms with Gasteiger partial charge in [-0.05, 0) is 24.3 Å². The van der Waals surface area contributed by atoms with Gasteiger partial charge in [0.25, 0.3) is 0 Å². The molecule has 0 atom stereocenters. The first-order valence-corrected chi connectivity index (χ1v) is 10.2. The Morgan fingerprint density at radius 3 is 2.65 bits per heavy atom. The van der Waals surface area contributed by atoms with E-state index in [4.69, 9.17) is 16.1 Å². The molecule has 2 aromatic heterocycles. The summed E-state index contributed by atoms with van der Waals surface area (Å²) in [5, 5.41) is 5.32. The average molecular weight is 393 g/mol. The summed E-state index contributed by atoms with van der Waals surface area (Å²) in [4.78, 5) is 6.54. The standard InChI is InChI=1S/C17H17ClN4O3S/c18-13-1-2-16-15(11-13)17(3-5-19-16)21-6-8-22(9-7-21)26(23,24)12-14-4-10-25-20-14/h1-5,10-11H,6-9,12H2. The Morgan fingerprint density at radius 1 is 1.12 bits per heavy atom. The minimum atomic E-state index is -3.41. The highest BCUT2D eigenvalue weighted by Gasteiger charge is 2.28. The van der Waals surface area contributed by atoms with Gasteiger partial charge in [0.2, 0.25) is 10.0 Å². The van der Waals surface area contributed by atoms with Crippen LogP contribution in [0.1, 0.15) is 5.69 Å². The highest BCUT2D eigenvalue weighted by molar-refractivity contribution is 7.88. The molecule has 26 heavy (non-hydrogen) atoms. The number of nitrogens with zero attached hydrogens (tertiary/aromatic N) is 4. The molecule has 1 fully saturated rings. The molecule has 7 nitrogen and oxygen atoms in total. The molecule has 0 saturated carbocycles. The predicted octanol–water partition coefficient (Wildman–Crippen LogP) is 2.53. The molecular formula is C17H17ClN4O3S. The van der Waals surface area contributed by atoms with Gasteiger partial charge < -0.3 is 9.42 Å². The van der Waals surface area contributed by atoms with Crippen LogP contribution < -0.4 is 4.90 Å². The van der Waals surface area contributed by atoms with Gasteiger partial charge in [0.1, 0.15) is 12.0 Å². The quantitative estimate of drug-likeness (QED) is 0.678. The van der Waals surface area contributed by atoms with Gasteiger partial charge in [-0.3, -0.25) is 4.98 Å². The molecule has 0 bridgehead atoms. The lowest BCUT2D eigenvalue weighted by atomic mass is 10.1. The number of aromatic nitrogens is 2. The number of hydrogen-bond donors (Lipinski definition) is 0. The van der Waals surface area contributed by atoms with E-state index in [2.05, 4.69) is 15.0 Å². The number of halogens is 1. The van der Waals surface area contributed by atoms with Crippen molar-refractivity contribution in [3.8, 4) is 0 Å². The SMILES string of the molecule is O=S(=O)(Cc1ccon1)N1CCN(c2ccnc3ccc(Cl)cc23)CC1. The number of fused-ring (bicyclic) bond motifs is 1. The van der Waals surface area contributed by atoms with Crippen LogP contribution in [0, 0.1) is 0 Å². The van der Waals surface area contributed by atoms with Gasteiger partial charge >= 0.3 is 0 Å². The van der Waals surface area contributed by atoms with Gasteiger partial charge in [0.05, 0.1) is 11.2 Å². The number of hydrogen-bond acceptors (Lipinski definition) is 6. The molecular weight excluding hydrogens is 376 g/mol. The van der Waals surface area contributed by atoms with Gasteiger partial charge in [-0.15, -0.1) is 0 Å². The third kappa shape index (κ3) is 3.40. The van der Waals surface area contributed by atoms with Crippen molar-refractivity contribution >= 4 is 38.2 Å². The molecule has 4 rings (SSSR count). The van der Waals surface area contributed by atoms with Gasteiger partial charge in [0.15, 0.2) is 0 Å². The van der Waals surface area contributed by atoms with E-state index < -0.39 is 10.0 Å². The molecule has 1 saturated heterocycles. The number of anilines is 1. The van der Waals surface area contributed by atoms with Gasteiger partial charge in [-0.1, -0.05) is 16.8 Å². The number of pyridine rings is 1. The summed E-state index contributed by atoms with van der Waals surface area (Å²) >= 11 is 6.13. The largest absolute Gasteiger partial charge is 0.368 e. The van der Waals surface area contributed by atoms with E-state index in [0.717, 1.165) is 16.6 Å². The third-order valence-electron chi connectivity index (χ3n) is 4.47. The van der Waals surface area contributed by atoms with Crippen LogP contribution in [0.2, 0.25) is 5.02 Å². The molecule has 1 aliphatic rings. The molecule has 1 aromatic carbocycles. The van der Waals surface area contributed by atoms with E-state index >= 15 is 0 Å². The molecule has 0 aliphatic carbocycles. The molecule has 1 aliphatic heterocycles. The van der Waals surface area contributed by atoms with E-state index in [1.165, 1.54) is 10.6 Å². The lowest BCUT2D eigenvalue weighted by Crippen LogP contribution is -2.49. The Kier molecular flexibility index (Phi) is 4.56. The normalized spacial score (nSPS) is 16.3. The number of sulfonamides is 1. The second-order valence-electron chi connectivity index (χ2n) is 6.12. The second-order valence-corrected chi connectivity index (χ2v) is 8.53. The van der Waals surface area contributed by atoms with Crippen molar-refractivity contribution in [2.75, 3.05) is 31.1 Å². The summed E-state index contributed by atoms with van der Waals surface area (Å²) in [5.74, 6) is -0.142. The minimum absolute atomic E-state index is 0.142. The number of benzene rings is 1. The maximum Gasteiger partial charge on any atom is 0.220 e. The van der Waals surface area contributed by atoms with Crippen molar-refractivity contribution in [2.45, 2.75) is 5.75 Å². The zero-order chi connectivity index (χ0) is 18.1. The molecule has 136 valence electrons. The maximum absolute atomic E-state index is 12.6. The summed E-state index contributed by atoms with van der Waals surface area (Å²) in [6.07, 6.45) is 3.14. The summed E-state index contributed by atoms with van der Waals surface area (Å²) in [5.41, 5.74) is 2.31. The fourth-order valence-corrected chi connectivity index (χ4v) is 4.77. The highest BCUT2D eigenvalue weighted by atomic mass is 35.5. The van der Waals surface area contributed by atoms with Crippen LogP contribution in [0.3, 0.4) is 0 Å². The summed E-state index contributed by atoms with van der Waals surface area (Å²) < 4.78 is 31.3. The predicted molar refractivity (Wildman–Crippen MR) is 99.7 cm³/mol. The van der Waals surface area contributed by atoms with Gasteiger partial charge in [0, 0.05) is 54.5 Å². The monoisotopic (exact) mass is 392 g/mol. The molecule has 0 N–H and O–H groups in total. The zero-order valence-electron chi connectivity index (χ0n) is 13.9. The number of rotatable bonds is 4. The molecule has 9 heteroatoms. The lowest BCUT2D eigenvalue weighted by molar-refractivity contribution is 0.382. The van der Waals surface area contributed by atoms with Crippen molar-refractivity contribution in [1.82, 2.24) is 14.4 Å². The summed E-state index contributed by atoms with van der Waals surface area (Å²) in [6, 6.07) is 9.11. The first kappa shape index (κ1) is 17.3. The lowest BCUT2D eigenvalue weighted by Gasteiger charge is -2.35. The Bertz CT molecular complexity index is 1020. The van der Waals surface area contributed by atoms with Crippen molar-refractivity contribution in [3.05, 3.63) is 53.5 Å². The van der Waals surface area contributed by atoms with Crippen LogP contribution in [0.5, 0.6) is 0 Å². The van der Waals surface area contributed by atoms with Crippen molar-refractivity contribution in [2.24, 2.45) is 0 Å². The van der Waals surface area contributed by atoms with Crippen LogP contribution in [-0.2, 0) is 15.8 Å². The van der Waals surface area contributed by atoms with Crippen LogP contribution in [0.25, 0.3) is 10.9 Å². The molecule has 3 heterocycles. The first-order chi connectivity index (χ1) is 12.5. The Balaban J connectivity index is 1.51. The van der Waals surface area contributed by atoms with E-state index in [1.807, 2.05) is 24.3 Å². The van der Waals surface area contributed by atoms with Crippen LogP contribution >= 0.6 is 11.6 Å². The van der Waals surface area contributed by atoms with E-state index in [9.17, 15) is 8.42 Å². The van der Waals surface area contributed by atoms with E-state index in [-0.39, 0.29) is 5.75 Å². The molecule has 3 aromatic rings. The third-order valence-corrected chi connectivity index (χ3v) is 6.52. The van der Waals surface area contributed by atoms with Gasteiger partial charge in [-0.25, -0.2) is 8.42 Å². The molecule has 0 unspecified atom stereocenters. The van der Waals surface area contributed by atoms with E-state index in [1.54, 1.807) is 12.3 Å². The molecule has 0 spiro atoms. The van der Waals surface area contributed by atoms with Gasteiger partial charge in [-0.2, -0.15) is 4.31 Å². The van der Waals surface area contributed by atoms with Crippen LogP contribution in [-0.4, -0.2) is 49.0 Å². The smallest absolute Gasteiger partial charge is 0.220 e. The molecule has 0 radical (unpaired) electrons. The van der Waals surface area contributed by atoms with Crippen molar-refractivity contribution < 1.29 is 12.9 Å². The molecule has 0 amide bonds. The van der Waals surface area contributed by atoms with Crippen molar-refractivity contribution in [1.29, 1.82) is 0 Å². The highest BCUT2D eigenvalue weighted by Crippen LogP contribution is 2.29.